The van der Waals surface area contributed by atoms with Gasteiger partial charge in [-0.05, 0) is 51.3 Å². The zero-order valence-corrected chi connectivity index (χ0v) is 12.0. The maximum Gasteiger partial charge on any atom is 0.133 e. The van der Waals surface area contributed by atoms with E-state index in [0.717, 1.165) is 25.0 Å². The molecule has 1 aromatic carbocycles. The zero-order valence-electron chi connectivity index (χ0n) is 12.0. The number of benzene rings is 1. The molecular formula is C16H23F2N. The molecule has 0 heterocycles. The van der Waals surface area contributed by atoms with Gasteiger partial charge in [-0.3, -0.25) is 0 Å². The molecule has 0 fully saturated rings. The van der Waals surface area contributed by atoms with Gasteiger partial charge in [0.2, 0.25) is 0 Å². The number of nitrogens with one attached hydrogen (secondary N) is 1. The largest absolute Gasteiger partial charge is 0.310 e. The summed E-state index contributed by atoms with van der Waals surface area (Å²) in [5.74, 6) is -0.909. The molecule has 0 spiro atoms. The highest BCUT2D eigenvalue weighted by Crippen LogP contribution is 2.27. The fourth-order valence-electron chi connectivity index (χ4n) is 2.06. The van der Waals surface area contributed by atoms with Crippen molar-refractivity contribution in [2.45, 2.75) is 46.1 Å². The fraction of sp³-hybridized carbons (Fsp3) is 0.500. The maximum atomic E-state index is 14.2. The van der Waals surface area contributed by atoms with Crippen molar-refractivity contribution in [3.63, 3.8) is 0 Å². The van der Waals surface area contributed by atoms with Crippen LogP contribution >= 0.6 is 0 Å². The van der Waals surface area contributed by atoms with Crippen LogP contribution in [-0.4, -0.2) is 6.54 Å². The summed E-state index contributed by atoms with van der Waals surface area (Å²) >= 11 is 0. The van der Waals surface area contributed by atoms with Crippen LogP contribution in [0.4, 0.5) is 8.78 Å². The van der Waals surface area contributed by atoms with E-state index in [1.54, 1.807) is 6.92 Å². The predicted octanol–water partition coefficient (Wildman–Crippen LogP) is 4.67. The van der Waals surface area contributed by atoms with Gasteiger partial charge in [0.1, 0.15) is 11.6 Å². The summed E-state index contributed by atoms with van der Waals surface area (Å²) in [6.07, 6.45) is 2.35. The molecule has 0 saturated carbocycles. The van der Waals surface area contributed by atoms with Gasteiger partial charge in [0.15, 0.2) is 0 Å². The van der Waals surface area contributed by atoms with Crippen molar-refractivity contribution in [1.29, 1.82) is 0 Å². The van der Waals surface area contributed by atoms with E-state index in [-0.39, 0.29) is 11.6 Å². The van der Waals surface area contributed by atoms with E-state index in [1.807, 2.05) is 13.8 Å². The van der Waals surface area contributed by atoms with Crippen LogP contribution in [0.5, 0.6) is 0 Å². The Morgan fingerprint density at radius 3 is 2.63 bits per heavy atom. The van der Waals surface area contributed by atoms with Crippen molar-refractivity contribution in [3.8, 4) is 0 Å². The van der Waals surface area contributed by atoms with Crippen molar-refractivity contribution >= 4 is 0 Å². The van der Waals surface area contributed by atoms with Gasteiger partial charge in [0.05, 0.1) is 0 Å². The number of rotatable bonds is 7. The number of hydrogen-bond donors (Lipinski definition) is 1. The third kappa shape index (κ3) is 4.43. The lowest BCUT2D eigenvalue weighted by Crippen LogP contribution is -2.24. The average molecular weight is 267 g/mol. The van der Waals surface area contributed by atoms with E-state index in [1.165, 1.54) is 12.1 Å². The molecule has 3 heteroatoms. The molecule has 0 aliphatic heterocycles. The monoisotopic (exact) mass is 267 g/mol. The second-order valence-corrected chi connectivity index (χ2v) is 5.09. The molecule has 0 aromatic heterocycles. The summed E-state index contributed by atoms with van der Waals surface area (Å²) in [5.41, 5.74) is 1.67. The number of hydrogen-bond acceptors (Lipinski definition) is 1. The second kappa shape index (κ2) is 7.39. The van der Waals surface area contributed by atoms with Crippen molar-refractivity contribution < 1.29 is 8.78 Å². The predicted molar refractivity (Wildman–Crippen MR) is 76.2 cm³/mol. The van der Waals surface area contributed by atoms with Crippen LogP contribution in [-0.2, 0) is 0 Å². The Hall–Kier alpha value is -1.22. The van der Waals surface area contributed by atoms with E-state index in [0.29, 0.717) is 12.0 Å². The van der Waals surface area contributed by atoms with Gasteiger partial charge in [-0.25, -0.2) is 8.78 Å². The molecule has 1 atom stereocenters. The lowest BCUT2D eigenvalue weighted by Gasteiger charge is -2.21. The summed E-state index contributed by atoms with van der Waals surface area (Å²) in [4.78, 5) is 0. The number of aryl methyl sites for hydroxylation is 1. The van der Waals surface area contributed by atoms with Gasteiger partial charge in [-0.2, -0.15) is 0 Å². The third-order valence-electron chi connectivity index (χ3n) is 3.17. The van der Waals surface area contributed by atoms with E-state index in [4.69, 9.17) is 0 Å². The van der Waals surface area contributed by atoms with Crippen molar-refractivity contribution in [2.75, 3.05) is 6.54 Å². The molecule has 0 bridgehead atoms. The first kappa shape index (κ1) is 15.8. The molecule has 0 aliphatic rings. The molecule has 1 aromatic rings. The fourth-order valence-corrected chi connectivity index (χ4v) is 2.06. The first-order valence-corrected chi connectivity index (χ1v) is 6.79. The standard InChI is InChI=1S/C16H23F2N/c1-5-10-19-14(9-6-11(2)3)15-13(17)8-7-12(4)16(15)18/h7-8,14,19H,2,5-6,9-10H2,1,3-4H3. The lowest BCUT2D eigenvalue weighted by molar-refractivity contribution is 0.444. The Kier molecular flexibility index (Phi) is 6.16. The molecule has 1 rings (SSSR count). The van der Waals surface area contributed by atoms with Gasteiger partial charge in [-0.1, -0.05) is 18.6 Å². The molecule has 19 heavy (non-hydrogen) atoms. The van der Waals surface area contributed by atoms with E-state index < -0.39 is 11.6 Å². The van der Waals surface area contributed by atoms with Crippen LogP contribution in [0.3, 0.4) is 0 Å². The zero-order chi connectivity index (χ0) is 14.4. The molecule has 1 nitrogen and oxygen atoms in total. The van der Waals surface area contributed by atoms with Crippen molar-refractivity contribution in [3.05, 3.63) is 47.0 Å². The van der Waals surface area contributed by atoms with Crippen molar-refractivity contribution in [2.24, 2.45) is 0 Å². The number of allylic oxidation sites excluding steroid dienone is 1. The second-order valence-electron chi connectivity index (χ2n) is 5.09. The highest BCUT2D eigenvalue weighted by molar-refractivity contribution is 5.29. The summed E-state index contributed by atoms with van der Waals surface area (Å²) in [5, 5.41) is 3.23. The van der Waals surface area contributed by atoms with E-state index in [9.17, 15) is 8.78 Å². The minimum atomic E-state index is -0.474. The topological polar surface area (TPSA) is 12.0 Å². The Balaban J connectivity index is 3.01. The van der Waals surface area contributed by atoms with Crippen molar-refractivity contribution in [1.82, 2.24) is 5.32 Å². The molecule has 0 amide bonds. The van der Waals surface area contributed by atoms with Crippen LogP contribution in [0.15, 0.2) is 24.3 Å². The van der Waals surface area contributed by atoms with E-state index >= 15 is 0 Å². The number of halogens is 2. The van der Waals surface area contributed by atoms with Gasteiger partial charge in [-0.15, -0.1) is 6.58 Å². The summed E-state index contributed by atoms with van der Waals surface area (Å²) < 4.78 is 28.1. The molecule has 0 radical (unpaired) electrons. The van der Waals surface area contributed by atoms with Crippen LogP contribution in [0, 0.1) is 18.6 Å². The summed E-state index contributed by atoms with van der Waals surface area (Å²) in [6, 6.07) is 2.52. The Morgan fingerprint density at radius 1 is 1.37 bits per heavy atom. The minimum absolute atomic E-state index is 0.162. The van der Waals surface area contributed by atoms with E-state index in [2.05, 4.69) is 11.9 Å². The molecule has 106 valence electrons. The molecule has 0 aliphatic carbocycles. The van der Waals surface area contributed by atoms with Crippen LogP contribution in [0.25, 0.3) is 0 Å². The molecule has 0 saturated heterocycles. The average Bonchev–Trinajstić information content (AvgIpc) is 2.36. The first-order chi connectivity index (χ1) is 8.97. The van der Waals surface area contributed by atoms with Gasteiger partial charge < -0.3 is 5.32 Å². The summed E-state index contributed by atoms with van der Waals surface area (Å²) in [6.45, 7) is 10.2. The minimum Gasteiger partial charge on any atom is -0.310 e. The third-order valence-corrected chi connectivity index (χ3v) is 3.17. The molecular weight excluding hydrogens is 244 g/mol. The van der Waals surface area contributed by atoms with Gasteiger partial charge in [0.25, 0.3) is 0 Å². The smallest absolute Gasteiger partial charge is 0.133 e. The van der Waals surface area contributed by atoms with Gasteiger partial charge in [0, 0.05) is 11.6 Å². The van der Waals surface area contributed by atoms with Crippen LogP contribution in [0.1, 0.15) is 50.3 Å². The highest BCUT2D eigenvalue weighted by Gasteiger charge is 2.20. The lowest BCUT2D eigenvalue weighted by atomic mass is 9.97. The Morgan fingerprint density at radius 2 is 2.05 bits per heavy atom. The van der Waals surface area contributed by atoms with Crippen LogP contribution in [0.2, 0.25) is 0 Å². The quantitative estimate of drug-likeness (QED) is 0.708. The maximum absolute atomic E-state index is 14.2. The molecule has 1 unspecified atom stereocenters. The molecule has 1 N–H and O–H groups in total. The van der Waals surface area contributed by atoms with Gasteiger partial charge >= 0.3 is 0 Å². The Labute approximate surface area is 114 Å². The first-order valence-electron chi connectivity index (χ1n) is 6.79. The SMILES string of the molecule is C=C(C)CCC(NCCC)c1c(F)ccc(C)c1F. The highest BCUT2D eigenvalue weighted by atomic mass is 19.1. The Bertz CT molecular complexity index is 441. The summed E-state index contributed by atoms with van der Waals surface area (Å²) in [7, 11) is 0. The normalized spacial score (nSPS) is 12.5. The van der Waals surface area contributed by atoms with Crippen LogP contribution < -0.4 is 5.32 Å².